The van der Waals surface area contributed by atoms with E-state index < -0.39 is 22.6 Å². The summed E-state index contributed by atoms with van der Waals surface area (Å²) in [6, 6.07) is 0. The maximum atomic E-state index is 12.1. The Morgan fingerprint density at radius 1 is 1.25 bits per heavy atom. The van der Waals surface area contributed by atoms with Gasteiger partial charge in [-0.25, -0.2) is 9.78 Å². The summed E-state index contributed by atoms with van der Waals surface area (Å²) in [7, 11) is 0. The van der Waals surface area contributed by atoms with E-state index in [0.717, 1.165) is 50.5 Å². The fourth-order valence-corrected chi connectivity index (χ4v) is 6.28. The van der Waals surface area contributed by atoms with E-state index in [-0.39, 0.29) is 11.3 Å². The van der Waals surface area contributed by atoms with E-state index in [1.54, 1.807) is 0 Å². The van der Waals surface area contributed by atoms with Crippen LogP contribution in [-0.4, -0.2) is 22.3 Å². The second-order valence-electron chi connectivity index (χ2n) is 8.92. The highest BCUT2D eigenvalue weighted by Gasteiger charge is 2.69. The number of fused-ring (bicyclic) bond motifs is 3. The molecule has 2 aliphatic heterocycles. The van der Waals surface area contributed by atoms with Gasteiger partial charge in [-0.1, -0.05) is 19.9 Å². The van der Waals surface area contributed by atoms with Gasteiger partial charge in [-0.05, 0) is 75.5 Å². The van der Waals surface area contributed by atoms with Crippen LogP contribution < -0.4 is 0 Å². The minimum atomic E-state index is -0.670. The molecule has 4 heteroatoms. The highest BCUT2D eigenvalue weighted by atomic mass is 17.2. The Kier molecular flexibility index (Phi) is 3.22. The van der Waals surface area contributed by atoms with E-state index in [1.165, 1.54) is 5.57 Å². The fourth-order valence-electron chi connectivity index (χ4n) is 6.28. The van der Waals surface area contributed by atoms with Gasteiger partial charge in [0.2, 0.25) is 0 Å². The summed E-state index contributed by atoms with van der Waals surface area (Å²) < 4.78 is 0. The van der Waals surface area contributed by atoms with E-state index in [9.17, 15) is 9.90 Å². The summed E-state index contributed by atoms with van der Waals surface area (Å²) in [6.45, 7) is 10.3. The van der Waals surface area contributed by atoms with Crippen molar-refractivity contribution in [2.24, 2.45) is 16.7 Å². The minimum Gasteiger partial charge on any atom is -0.481 e. The van der Waals surface area contributed by atoms with Gasteiger partial charge in [0.1, 0.15) is 11.2 Å². The molecule has 24 heavy (non-hydrogen) atoms. The number of aliphatic carboxylic acids is 1. The first kappa shape index (κ1) is 16.3. The third kappa shape index (κ3) is 1.69. The molecule has 3 aliphatic carbocycles. The molecule has 5 unspecified atom stereocenters. The van der Waals surface area contributed by atoms with Gasteiger partial charge < -0.3 is 5.11 Å². The monoisotopic (exact) mass is 332 g/mol. The van der Waals surface area contributed by atoms with Crippen molar-refractivity contribution < 1.29 is 19.7 Å². The van der Waals surface area contributed by atoms with Crippen molar-refractivity contribution in [3.8, 4) is 0 Å². The smallest absolute Gasteiger partial charge is 0.309 e. The highest BCUT2D eigenvalue weighted by Crippen LogP contribution is 2.68. The molecule has 5 atom stereocenters. The van der Waals surface area contributed by atoms with Crippen molar-refractivity contribution in [1.82, 2.24) is 0 Å². The zero-order chi connectivity index (χ0) is 17.4. The Morgan fingerprint density at radius 3 is 2.58 bits per heavy atom. The average Bonchev–Trinajstić information content (AvgIpc) is 2.55. The van der Waals surface area contributed by atoms with Crippen molar-refractivity contribution in [3.05, 3.63) is 23.8 Å². The summed E-state index contributed by atoms with van der Waals surface area (Å²) in [5.74, 6) is -0.543. The average molecular weight is 332 g/mol. The Labute approximate surface area is 143 Å². The molecular weight excluding hydrogens is 304 g/mol. The molecule has 2 saturated carbocycles. The molecule has 0 aromatic carbocycles. The summed E-state index contributed by atoms with van der Waals surface area (Å²) in [6.07, 6.45) is 8.53. The maximum Gasteiger partial charge on any atom is 0.309 e. The summed E-state index contributed by atoms with van der Waals surface area (Å²) >= 11 is 0. The number of hydrogen-bond donors (Lipinski definition) is 1. The molecule has 1 spiro atoms. The van der Waals surface area contributed by atoms with E-state index >= 15 is 0 Å². The molecule has 0 aromatic heterocycles. The first-order chi connectivity index (χ1) is 11.2. The van der Waals surface area contributed by atoms with Gasteiger partial charge in [-0.15, -0.1) is 0 Å². The zero-order valence-electron chi connectivity index (χ0n) is 15.0. The topological polar surface area (TPSA) is 55.8 Å². The number of carbonyl (C=O) groups is 1. The van der Waals surface area contributed by atoms with E-state index in [2.05, 4.69) is 19.6 Å². The lowest BCUT2D eigenvalue weighted by Gasteiger charge is -2.66. The van der Waals surface area contributed by atoms with Crippen LogP contribution in [0.3, 0.4) is 0 Å². The SMILES string of the molecule is C=C(C)C12C=C3CCC4C(C)(C(=O)O)CCCC4(C)C3(CC1)OO2. The van der Waals surface area contributed by atoms with Gasteiger partial charge in [-0.2, -0.15) is 0 Å². The summed E-state index contributed by atoms with van der Waals surface area (Å²) in [5, 5.41) is 9.93. The van der Waals surface area contributed by atoms with Crippen LogP contribution in [0.25, 0.3) is 0 Å². The molecule has 4 nitrogen and oxygen atoms in total. The lowest BCUT2D eigenvalue weighted by Crippen LogP contribution is -2.67. The Hall–Kier alpha value is -1.13. The standard InChI is InChI=1S/C20H28O4/c1-13(2)19-10-11-20(24-23-19)14(12-19)6-7-15-17(3,16(21)22)8-5-9-18(15,20)4/h12,15H,1,5-11H2,2-4H3,(H,21,22). The van der Waals surface area contributed by atoms with Crippen LogP contribution in [0.2, 0.25) is 0 Å². The third-order valence-electron chi connectivity index (χ3n) is 7.87. The number of carboxylic acid groups (broad SMARTS) is 1. The quantitative estimate of drug-likeness (QED) is 0.601. The van der Waals surface area contributed by atoms with Crippen LogP contribution in [0, 0.1) is 16.7 Å². The van der Waals surface area contributed by atoms with Gasteiger partial charge in [0.05, 0.1) is 5.41 Å². The third-order valence-corrected chi connectivity index (χ3v) is 7.87. The van der Waals surface area contributed by atoms with Crippen LogP contribution in [0.1, 0.15) is 65.7 Å². The lowest BCUT2D eigenvalue weighted by molar-refractivity contribution is -0.452. The second kappa shape index (κ2) is 4.73. The summed E-state index contributed by atoms with van der Waals surface area (Å²) in [4.78, 5) is 24.1. The van der Waals surface area contributed by atoms with Gasteiger partial charge in [-0.3, -0.25) is 4.79 Å². The van der Waals surface area contributed by atoms with E-state index in [1.807, 2.05) is 13.8 Å². The predicted molar refractivity (Wildman–Crippen MR) is 90.2 cm³/mol. The summed E-state index contributed by atoms with van der Waals surface area (Å²) in [5.41, 5.74) is 0.502. The van der Waals surface area contributed by atoms with Crippen LogP contribution in [-0.2, 0) is 14.6 Å². The van der Waals surface area contributed by atoms with Gasteiger partial charge in [0.25, 0.3) is 0 Å². The molecule has 1 N–H and O–H groups in total. The van der Waals surface area contributed by atoms with Gasteiger partial charge in [0, 0.05) is 5.41 Å². The Bertz CT molecular complexity index is 640. The van der Waals surface area contributed by atoms with Crippen molar-refractivity contribution in [1.29, 1.82) is 0 Å². The van der Waals surface area contributed by atoms with Crippen molar-refractivity contribution in [2.75, 3.05) is 0 Å². The number of carboxylic acids is 1. The van der Waals surface area contributed by atoms with Crippen LogP contribution in [0.5, 0.6) is 0 Å². The molecule has 5 rings (SSSR count). The van der Waals surface area contributed by atoms with E-state index in [0.29, 0.717) is 0 Å². The molecule has 5 aliphatic rings. The molecular formula is C20H28O4. The molecule has 0 aromatic rings. The maximum absolute atomic E-state index is 12.1. The molecule has 132 valence electrons. The normalized spacial score (nSPS) is 49.8. The van der Waals surface area contributed by atoms with Gasteiger partial charge >= 0.3 is 5.97 Å². The highest BCUT2D eigenvalue weighted by molar-refractivity contribution is 5.75. The molecule has 2 heterocycles. The van der Waals surface area contributed by atoms with Crippen molar-refractivity contribution >= 4 is 5.97 Å². The molecule has 0 amide bonds. The van der Waals surface area contributed by atoms with E-state index in [4.69, 9.17) is 9.78 Å². The number of rotatable bonds is 2. The van der Waals surface area contributed by atoms with Crippen molar-refractivity contribution in [3.63, 3.8) is 0 Å². The first-order valence-corrected chi connectivity index (χ1v) is 9.19. The molecule has 1 saturated heterocycles. The Morgan fingerprint density at radius 2 is 2.00 bits per heavy atom. The molecule has 2 bridgehead atoms. The molecule has 3 fully saturated rings. The first-order valence-electron chi connectivity index (χ1n) is 9.19. The lowest BCUT2D eigenvalue weighted by atomic mass is 9.43. The molecule has 0 radical (unpaired) electrons. The number of hydrogen-bond acceptors (Lipinski definition) is 3. The van der Waals surface area contributed by atoms with Crippen molar-refractivity contribution in [2.45, 2.75) is 76.9 Å². The fraction of sp³-hybridized carbons (Fsp3) is 0.750. The zero-order valence-corrected chi connectivity index (χ0v) is 15.0. The van der Waals surface area contributed by atoms with Crippen LogP contribution >= 0.6 is 0 Å². The second-order valence-corrected chi connectivity index (χ2v) is 8.92. The predicted octanol–water partition coefficient (Wildman–Crippen LogP) is 4.41. The van der Waals surface area contributed by atoms with Crippen LogP contribution in [0.4, 0.5) is 0 Å². The largest absolute Gasteiger partial charge is 0.481 e. The minimum absolute atomic E-state index is 0.118. The van der Waals surface area contributed by atoms with Crippen LogP contribution in [0.15, 0.2) is 23.8 Å². The van der Waals surface area contributed by atoms with Gasteiger partial charge in [0.15, 0.2) is 0 Å². The Balaban J connectivity index is 1.82.